The first kappa shape index (κ1) is 13.0. The molecule has 1 amide bonds. The van der Waals surface area contributed by atoms with Crippen LogP contribution in [0.5, 0.6) is 0 Å². The molecule has 1 atom stereocenters. The minimum Gasteiger partial charge on any atom is -0.381 e. The van der Waals surface area contributed by atoms with Crippen LogP contribution in [0.3, 0.4) is 0 Å². The number of carbonyl (C=O) groups is 1. The first-order chi connectivity index (χ1) is 8.66. The Balaban J connectivity index is 1.94. The fourth-order valence-electron chi connectivity index (χ4n) is 2.14. The molecule has 2 heterocycles. The van der Waals surface area contributed by atoms with Crippen LogP contribution in [0.15, 0.2) is 18.3 Å². The number of ether oxygens (including phenoxy) is 1. The number of nitrogens with one attached hydrogen (secondary N) is 1. The Morgan fingerprint density at radius 2 is 2.28 bits per heavy atom. The molecule has 0 aromatic carbocycles. The highest BCUT2D eigenvalue weighted by molar-refractivity contribution is 5.94. The SMILES string of the molecule is Cc1cc(NC(=O)C(N)C2CCOCC2)ccn1. The molecule has 0 saturated carbocycles. The average Bonchev–Trinajstić information content (AvgIpc) is 2.39. The van der Waals surface area contributed by atoms with Crippen LogP contribution in [0.4, 0.5) is 5.69 Å². The van der Waals surface area contributed by atoms with Gasteiger partial charge in [-0.15, -0.1) is 0 Å². The van der Waals surface area contributed by atoms with Crippen molar-refractivity contribution < 1.29 is 9.53 Å². The third kappa shape index (κ3) is 3.27. The summed E-state index contributed by atoms with van der Waals surface area (Å²) in [5.41, 5.74) is 7.61. The summed E-state index contributed by atoms with van der Waals surface area (Å²) in [6.45, 7) is 3.27. The lowest BCUT2D eigenvalue weighted by molar-refractivity contribution is -0.119. The Kier molecular flexibility index (Phi) is 4.28. The van der Waals surface area contributed by atoms with Crippen molar-refractivity contribution in [3.8, 4) is 0 Å². The van der Waals surface area contributed by atoms with E-state index in [1.807, 2.05) is 13.0 Å². The summed E-state index contributed by atoms with van der Waals surface area (Å²) in [7, 11) is 0. The van der Waals surface area contributed by atoms with E-state index in [0.717, 1.165) is 24.2 Å². The van der Waals surface area contributed by atoms with Crippen molar-refractivity contribution in [3.63, 3.8) is 0 Å². The van der Waals surface area contributed by atoms with Crippen LogP contribution >= 0.6 is 0 Å². The highest BCUT2D eigenvalue weighted by atomic mass is 16.5. The fraction of sp³-hybridized carbons (Fsp3) is 0.538. The summed E-state index contributed by atoms with van der Waals surface area (Å²) < 4.78 is 5.27. The molecule has 2 rings (SSSR count). The van der Waals surface area contributed by atoms with E-state index < -0.39 is 6.04 Å². The number of aryl methyl sites for hydroxylation is 1. The first-order valence-electron chi connectivity index (χ1n) is 6.23. The topological polar surface area (TPSA) is 77.2 Å². The van der Waals surface area contributed by atoms with E-state index in [-0.39, 0.29) is 11.8 Å². The van der Waals surface area contributed by atoms with E-state index in [4.69, 9.17) is 10.5 Å². The van der Waals surface area contributed by atoms with E-state index >= 15 is 0 Å². The van der Waals surface area contributed by atoms with Gasteiger partial charge in [0, 0.05) is 30.8 Å². The number of nitrogens with zero attached hydrogens (tertiary/aromatic N) is 1. The molecular formula is C13H19N3O2. The quantitative estimate of drug-likeness (QED) is 0.840. The zero-order valence-electron chi connectivity index (χ0n) is 10.6. The van der Waals surface area contributed by atoms with Crippen LogP contribution in [0.2, 0.25) is 0 Å². The van der Waals surface area contributed by atoms with Gasteiger partial charge in [-0.3, -0.25) is 9.78 Å². The summed E-state index contributed by atoms with van der Waals surface area (Å²) in [6.07, 6.45) is 3.37. The Morgan fingerprint density at radius 1 is 1.56 bits per heavy atom. The number of carbonyl (C=O) groups excluding carboxylic acids is 1. The minimum atomic E-state index is -0.470. The number of rotatable bonds is 3. The predicted molar refractivity (Wildman–Crippen MR) is 69.1 cm³/mol. The van der Waals surface area contributed by atoms with E-state index in [2.05, 4.69) is 10.3 Å². The number of pyridine rings is 1. The van der Waals surface area contributed by atoms with Gasteiger partial charge in [0.2, 0.25) is 5.91 Å². The standard InChI is InChI=1S/C13H19N3O2/c1-9-8-11(2-5-15-9)16-13(17)12(14)10-3-6-18-7-4-10/h2,5,8,10,12H,3-4,6-7,14H2,1H3,(H,15,16,17). The second-order valence-corrected chi connectivity index (χ2v) is 4.65. The summed E-state index contributed by atoms with van der Waals surface area (Å²) in [4.78, 5) is 16.1. The minimum absolute atomic E-state index is 0.132. The molecule has 1 aliphatic rings. The second-order valence-electron chi connectivity index (χ2n) is 4.65. The van der Waals surface area contributed by atoms with E-state index in [1.165, 1.54) is 0 Å². The van der Waals surface area contributed by atoms with Crippen molar-refractivity contribution in [2.45, 2.75) is 25.8 Å². The highest BCUT2D eigenvalue weighted by Crippen LogP contribution is 2.18. The Morgan fingerprint density at radius 3 is 2.94 bits per heavy atom. The van der Waals surface area contributed by atoms with Gasteiger partial charge < -0.3 is 15.8 Å². The molecule has 1 fully saturated rings. The number of aromatic nitrogens is 1. The van der Waals surface area contributed by atoms with Crippen molar-refractivity contribution in [1.82, 2.24) is 4.98 Å². The lowest BCUT2D eigenvalue weighted by Crippen LogP contribution is -2.44. The van der Waals surface area contributed by atoms with Gasteiger partial charge in [0.25, 0.3) is 0 Å². The highest BCUT2D eigenvalue weighted by Gasteiger charge is 2.26. The van der Waals surface area contributed by atoms with Gasteiger partial charge in [-0.2, -0.15) is 0 Å². The molecule has 98 valence electrons. The molecule has 18 heavy (non-hydrogen) atoms. The molecule has 0 spiro atoms. The van der Waals surface area contributed by atoms with Crippen molar-refractivity contribution in [1.29, 1.82) is 0 Å². The van der Waals surface area contributed by atoms with Crippen molar-refractivity contribution in [2.75, 3.05) is 18.5 Å². The Labute approximate surface area is 107 Å². The zero-order chi connectivity index (χ0) is 13.0. The number of hydrogen-bond acceptors (Lipinski definition) is 4. The lowest BCUT2D eigenvalue weighted by Gasteiger charge is -2.26. The van der Waals surface area contributed by atoms with Gasteiger partial charge in [-0.1, -0.05) is 0 Å². The first-order valence-corrected chi connectivity index (χ1v) is 6.23. The third-order valence-corrected chi connectivity index (χ3v) is 3.24. The molecule has 1 aliphatic heterocycles. The summed E-state index contributed by atoms with van der Waals surface area (Å²) in [6, 6.07) is 3.12. The van der Waals surface area contributed by atoms with Crippen LogP contribution in [-0.4, -0.2) is 30.1 Å². The molecule has 1 aromatic rings. The maximum absolute atomic E-state index is 12.0. The van der Waals surface area contributed by atoms with E-state index in [1.54, 1.807) is 12.3 Å². The van der Waals surface area contributed by atoms with Crippen LogP contribution in [0.1, 0.15) is 18.5 Å². The Hall–Kier alpha value is -1.46. The van der Waals surface area contributed by atoms with E-state index in [0.29, 0.717) is 13.2 Å². The molecule has 1 aromatic heterocycles. The van der Waals surface area contributed by atoms with Crippen LogP contribution in [-0.2, 0) is 9.53 Å². The normalized spacial score (nSPS) is 18.3. The summed E-state index contributed by atoms with van der Waals surface area (Å²) in [5, 5.41) is 2.84. The van der Waals surface area contributed by atoms with Gasteiger partial charge in [-0.25, -0.2) is 0 Å². The molecular weight excluding hydrogens is 230 g/mol. The van der Waals surface area contributed by atoms with Gasteiger partial charge >= 0.3 is 0 Å². The number of amides is 1. The molecule has 1 saturated heterocycles. The second kappa shape index (κ2) is 5.93. The number of nitrogens with two attached hydrogens (primary N) is 1. The monoisotopic (exact) mass is 249 g/mol. The number of anilines is 1. The average molecular weight is 249 g/mol. The molecule has 0 aliphatic carbocycles. The van der Waals surface area contributed by atoms with Crippen molar-refractivity contribution in [2.24, 2.45) is 11.7 Å². The maximum atomic E-state index is 12.0. The molecule has 1 unspecified atom stereocenters. The van der Waals surface area contributed by atoms with Crippen molar-refractivity contribution in [3.05, 3.63) is 24.0 Å². The molecule has 0 radical (unpaired) electrons. The van der Waals surface area contributed by atoms with Crippen LogP contribution < -0.4 is 11.1 Å². The predicted octanol–water partition coefficient (Wildman–Crippen LogP) is 1.08. The third-order valence-electron chi connectivity index (χ3n) is 3.24. The molecule has 5 nitrogen and oxygen atoms in total. The lowest BCUT2D eigenvalue weighted by atomic mass is 9.92. The van der Waals surface area contributed by atoms with Crippen LogP contribution in [0.25, 0.3) is 0 Å². The molecule has 5 heteroatoms. The number of hydrogen-bond donors (Lipinski definition) is 2. The zero-order valence-corrected chi connectivity index (χ0v) is 10.6. The van der Waals surface area contributed by atoms with Crippen LogP contribution in [0, 0.1) is 12.8 Å². The van der Waals surface area contributed by atoms with Gasteiger partial charge in [-0.05, 0) is 37.8 Å². The summed E-state index contributed by atoms with van der Waals surface area (Å²) in [5.74, 6) is 0.0779. The molecule has 0 bridgehead atoms. The van der Waals surface area contributed by atoms with Crippen molar-refractivity contribution >= 4 is 11.6 Å². The largest absolute Gasteiger partial charge is 0.381 e. The van der Waals surface area contributed by atoms with E-state index in [9.17, 15) is 4.79 Å². The fourth-order valence-corrected chi connectivity index (χ4v) is 2.14. The maximum Gasteiger partial charge on any atom is 0.241 e. The van der Waals surface area contributed by atoms with Gasteiger partial charge in [0.05, 0.1) is 6.04 Å². The van der Waals surface area contributed by atoms with Gasteiger partial charge in [0.1, 0.15) is 0 Å². The molecule has 3 N–H and O–H groups in total. The Bertz CT molecular complexity index is 416. The van der Waals surface area contributed by atoms with Gasteiger partial charge in [0.15, 0.2) is 0 Å². The smallest absolute Gasteiger partial charge is 0.241 e. The summed E-state index contributed by atoms with van der Waals surface area (Å²) >= 11 is 0.